The monoisotopic (exact) mass is 251 g/mol. The molecule has 0 heterocycles. The maximum absolute atomic E-state index is 5.55. The number of ether oxygens (including phenoxy) is 2. The van der Waals surface area contributed by atoms with Crippen LogP contribution < -0.4 is 10.1 Å². The van der Waals surface area contributed by atoms with Crippen LogP contribution >= 0.6 is 0 Å². The molecule has 0 bridgehead atoms. The molecule has 18 heavy (non-hydrogen) atoms. The van der Waals surface area contributed by atoms with E-state index in [1.165, 1.54) is 5.56 Å². The molecule has 0 aliphatic heterocycles. The molecule has 0 fully saturated rings. The van der Waals surface area contributed by atoms with Crippen LogP contribution in [0.4, 0.5) is 0 Å². The van der Waals surface area contributed by atoms with Gasteiger partial charge in [-0.1, -0.05) is 19.1 Å². The minimum Gasteiger partial charge on any atom is -0.494 e. The molecule has 1 aromatic rings. The van der Waals surface area contributed by atoms with Gasteiger partial charge >= 0.3 is 0 Å². The second-order valence-corrected chi connectivity index (χ2v) is 4.43. The molecule has 0 aromatic heterocycles. The molecule has 1 aromatic carbocycles. The standard InChI is InChI=1S/C15H25NO2/c1-4-10-18-15-8-6-14(7-9-15)11-16-13(3)12-17-5-2/h6-9,13,16H,4-5,10-12H2,1-3H3. The third-order valence-corrected chi connectivity index (χ3v) is 2.62. The number of hydrogen-bond acceptors (Lipinski definition) is 3. The van der Waals surface area contributed by atoms with Crippen molar-refractivity contribution in [1.82, 2.24) is 5.32 Å². The van der Waals surface area contributed by atoms with E-state index in [9.17, 15) is 0 Å². The molecule has 0 radical (unpaired) electrons. The highest BCUT2D eigenvalue weighted by atomic mass is 16.5. The van der Waals surface area contributed by atoms with Crippen LogP contribution in [0.5, 0.6) is 5.75 Å². The third kappa shape index (κ3) is 6.03. The second kappa shape index (κ2) is 8.95. The lowest BCUT2D eigenvalue weighted by Crippen LogP contribution is -2.30. The number of nitrogens with one attached hydrogen (secondary N) is 1. The van der Waals surface area contributed by atoms with Gasteiger partial charge in [-0.15, -0.1) is 0 Å². The molecule has 0 saturated heterocycles. The summed E-state index contributed by atoms with van der Waals surface area (Å²) in [5, 5.41) is 3.43. The van der Waals surface area contributed by atoms with Gasteiger partial charge in [0, 0.05) is 19.2 Å². The molecule has 1 atom stereocenters. The first-order chi connectivity index (χ1) is 8.76. The molecule has 1 N–H and O–H groups in total. The fourth-order valence-electron chi connectivity index (χ4n) is 1.57. The minimum absolute atomic E-state index is 0.376. The van der Waals surface area contributed by atoms with Gasteiger partial charge in [0.2, 0.25) is 0 Å². The molecule has 1 rings (SSSR count). The van der Waals surface area contributed by atoms with Crippen molar-refractivity contribution < 1.29 is 9.47 Å². The Hall–Kier alpha value is -1.06. The van der Waals surface area contributed by atoms with Crippen LogP contribution in [0, 0.1) is 0 Å². The van der Waals surface area contributed by atoms with Crippen molar-refractivity contribution in [2.75, 3.05) is 19.8 Å². The summed E-state index contributed by atoms with van der Waals surface area (Å²) in [5.41, 5.74) is 1.27. The van der Waals surface area contributed by atoms with Crippen molar-refractivity contribution in [2.45, 2.75) is 39.8 Å². The molecule has 3 heteroatoms. The first-order valence-corrected chi connectivity index (χ1v) is 6.79. The van der Waals surface area contributed by atoms with E-state index in [4.69, 9.17) is 9.47 Å². The lowest BCUT2D eigenvalue weighted by Gasteiger charge is -2.13. The summed E-state index contributed by atoms with van der Waals surface area (Å²) in [5.74, 6) is 0.947. The molecule has 0 amide bonds. The topological polar surface area (TPSA) is 30.5 Å². The van der Waals surface area contributed by atoms with Crippen molar-refractivity contribution in [3.8, 4) is 5.75 Å². The Kier molecular flexibility index (Phi) is 7.46. The van der Waals surface area contributed by atoms with E-state index >= 15 is 0 Å². The Morgan fingerprint density at radius 1 is 1.17 bits per heavy atom. The van der Waals surface area contributed by atoms with E-state index in [2.05, 4.69) is 31.3 Å². The Bertz CT molecular complexity index is 311. The van der Waals surface area contributed by atoms with Crippen LogP contribution in [0.15, 0.2) is 24.3 Å². The van der Waals surface area contributed by atoms with E-state index < -0.39 is 0 Å². The molecule has 102 valence electrons. The van der Waals surface area contributed by atoms with Crippen LogP contribution in [0.25, 0.3) is 0 Å². The SMILES string of the molecule is CCCOc1ccc(CNC(C)COCC)cc1. The van der Waals surface area contributed by atoms with Gasteiger partial charge in [-0.3, -0.25) is 0 Å². The highest BCUT2D eigenvalue weighted by molar-refractivity contribution is 5.27. The van der Waals surface area contributed by atoms with Crippen molar-refractivity contribution in [3.05, 3.63) is 29.8 Å². The number of benzene rings is 1. The van der Waals surface area contributed by atoms with Crippen molar-refractivity contribution in [1.29, 1.82) is 0 Å². The fraction of sp³-hybridized carbons (Fsp3) is 0.600. The smallest absolute Gasteiger partial charge is 0.119 e. The van der Waals surface area contributed by atoms with Crippen LogP contribution in [-0.4, -0.2) is 25.9 Å². The predicted molar refractivity (Wildman–Crippen MR) is 75.0 cm³/mol. The molecule has 0 spiro atoms. The zero-order chi connectivity index (χ0) is 13.2. The van der Waals surface area contributed by atoms with Crippen molar-refractivity contribution in [3.63, 3.8) is 0 Å². The third-order valence-electron chi connectivity index (χ3n) is 2.62. The average molecular weight is 251 g/mol. The summed E-state index contributed by atoms with van der Waals surface area (Å²) < 4.78 is 10.9. The summed E-state index contributed by atoms with van der Waals surface area (Å²) in [7, 11) is 0. The number of rotatable bonds is 9. The maximum Gasteiger partial charge on any atom is 0.119 e. The van der Waals surface area contributed by atoms with Gasteiger partial charge in [-0.05, 0) is 38.0 Å². The molecule has 0 aliphatic rings. The van der Waals surface area contributed by atoms with E-state index in [0.29, 0.717) is 6.04 Å². The zero-order valence-electron chi connectivity index (χ0n) is 11.7. The quantitative estimate of drug-likeness (QED) is 0.732. The Labute approximate surface area is 110 Å². The van der Waals surface area contributed by atoms with Gasteiger partial charge in [0.25, 0.3) is 0 Å². The first kappa shape index (κ1) is 15.0. The van der Waals surface area contributed by atoms with Crippen molar-refractivity contribution >= 4 is 0 Å². The van der Waals surface area contributed by atoms with Gasteiger partial charge in [-0.2, -0.15) is 0 Å². The molecular formula is C15H25NO2. The van der Waals surface area contributed by atoms with Gasteiger partial charge in [-0.25, -0.2) is 0 Å². The zero-order valence-corrected chi connectivity index (χ0v) is 11.7. The lowest BCUT2D eigenvalue weighted by atomic mass is 10.2. The van der Waals surface area contributed by atoms with Crippen LogP contribution in [0.2, 0.25) is 0 Å². The van der Waals surface area contributed by atoms with E-state index in [-0.39, 0.29) is 0 Å². The van der Waals surface area contributed by atoms with Crippen LogP contribution in [-0.2, 0) is 11.3 Å². The summed E-state index contributed by atoms with van der Waals surface area (Å²) in [6.07, 6.45) is 1.04. The van der Waals surface area contributed by atoms with Gasteiger partial charge < -0.3 is 14.8 Å². The summed E-state index contributed by atoms with van der Waals surface area (Å²) in [6.45, 7) is 9.43. The van der Waals surface area contributed by atoms with E-state index in [0.717, 1.165) is 38.5 Å². The summed E-state index contributed by atoms with van der Waals surface area (Å²) in [6, 6.07) is 8.64. The largest absolute Gasteiger partial charge is 0.494 e. The Morgan fingerprint density at radius 3 is 2.50 bits per heavy atom. The molecule has 0 saturated carbocycles. The van der Waals surface area contributed by atoms with Crippen molar-refractivity contribution in [2.24, 2.45) is 0 Å². The van der Waals surface area contributed by atoms with E-state index in [1.54, 1.807) is 0 Å². The Balaban J connectivity index is 2.30. The predicted octanol–water partition coefficient (Wildman–Crippen LogP) is 2.99. The first-order valence-electron chi connectivity index (χ1n) is 6.79. The molecule has 1 unspecified atom stereocenters. The normalized spacial score (nSPS) is 12.4. The lowest BCUT2D eigenvalue weighted by molar-refractivity contribution is 0.127. The summed E-state index contributed by atoms with van der Waals surface area (Å²) >= 11 is 0. The Morgan fingerprint density at radius 2 is 1.89 bits per heavy atom. The van der Waals surface area contributed by atoms with Crippen LogP contribution in [0.1, 0.15) is 32.8 Å². The number of hydrogen-bond donors (Lipinski definition) is 1. The molecular weight excluding hydrogens is 226 g/mol. The average Bonchev–Trinajstić information content (AvgIpc) is 2.41. The summed E-state index contributed by atoms with van der Waals surface area (Å²) in [4.78, 5) is 0. The maximum atomic E-state index is 5.55. The van der Waals surface area contributed by atoms with Gasteiger partial charge in [0.1, 0.15) is 5.75 Å². The highest BCUT2D eigenvalue weighted by Gasteiger charge is 2.01. The highest BCUT2D eigenvalue weighted by Crippen LogP contribution is 2.12. The molecule has 3 nitrogen and oxygen atoms in total. The van der Waals surface area contributed by atoms with Gasteiger partial charge in [0.05, 0.1) is 13.2 Å². The van der Waals surface area contributed by atoms with Crippen LogP contribution in [0.3, 0.4) is 0 Å². The molecule has 0 aliphatic carbocycles. The minimum atomic E-state index is 0.376. The fourth-order valence-corrected chi connectivity index (χ4v) is 1.57. The van der Waals surface area contributed by atoms with E-state index in [1.807, 2.05) is 19.1 Å². The van der Waals surface area contributed by atoms with Gasteiger partial charge in [0.15, 0.2) is 0 Å². The second-order valence-electron chi connectivity index (χ2n) is 4.43.